The monoisotopic (exact) mass is 295 g/mol. The molecule has 0 aliphatic heterocycles. The zero-order valence-electron chi connectivity index (χ0n) is 12.3. The van der Waals surface area contributed by atoms with Crippen molar-refractivity contribution in [2.75, 3.05) is 6.54 Å². The molecule has 0 saturated carbocycles. The summed E-state index contributed by atoms with van der Waals surface area (Å²) in [5.74, 6) is -1.81. The van der Waals surface area contributed by atoms with E-state index in [0.717, 1.165) is 12.8 Å². The van der Waals surface area contributed by atoms with Crippen molar-refractivity contribution in [2.45, 2.75) is 39.7 Å². The molecule has 2 N–H and O–H groups in total. The predicted molar refractivity (Wildman–Crippen MR) is 77.2 cm³/mol. The predicted octanol–water partition coefficient (Wildman–Crippen LogP) is 0.884. The van der Waals surface area contributed by atoms with Gasteiger partial charge in [-0.2, -0.15) is 5.10 Å². The van der Waals surface area contributed by atoms with Crippen LogP contribution in [0.1, 0.15) is 43.6 Å². The van der Waals surface area contributed by atoms with E-state index in [0.29, 0.717) is 13.0 Å². The van der Waals surface area contributed by atoms with E-state index in [1.165, 1.54) is 16.8 Å². The molecule has 7 nitrogen and oxygen atoms in total. The largest absolute Gasteiger partial charge is 0.481 e. The average molecular weight is 295 g/mol. The van der Waals surface area contributed by atoms with Crippen LogP contribution in [0.3, 0.4) is 0 Å². The summed E-state index contributed by atoms with van der Waals surface area (Å²) < 4.78 is 1.28. The van der Waals surface area contributed by atoms with E-state index >= 15 is 0 Å². The molecule has 21 heavy (non-hydrogen) atoms. The van der Waals surface area contributed by atoms with Gasteiger partial charge >= 0.3 is 5.97 Å². The molecule has 0 radical (unpaired) electrons. The molecule has 1 unspecified atom stereocenters. The molecule has 0 saturated heterocycles. The van der Waals surface area contributed by atoms with Gasteiger partial charge in [0, 0.05) is 19.2 Å². The second-order valence-corrected chi connectivity index (χ2v) is 4.92. The number of aryl methyl sites for hydroxylation is 1. The number of unbranched alkanes of at least 4 members (excludes halogenated alkanes) is 1. The molecular formula is C14H21N3O4. The van der Waals surface area contributed by atoms with Crippen LogP contribution in [-0.4, -0.2) is 33.3 Å². The first-order valence-corrected chi connectivity index (χ1v) is 7.05. The Morgan fingerprint density at radius 2 is 2.14 bits per heavy atom. The van der Waals surface area contributed by atoms with Crippen LogP contribution in [0.4, 0.5) is 0 Å². The standard InChI is InChI=1S/C14H21N3O4/c1-3-4-9-17-12(18)6-5-11(16-17)13(19)15-8-7-10(2)14(20)21/h5-6,10H,3-4,7-9H2,1-2H3,(H,15,19)(H,20,21). The highest BCUT2D eigenvalue weighted by Gasteiger charge is 2.13. The summed E-state index contributed by atoms with van der Waals surface area (Å²) in [6.45, 7) is 4.32. The third kappa shape index (κ3) is 5.37. The van der Waals surface area contributed by atoms with E-state index in [1.807, 2.05) is 6.92 Å². The third-order valence-electron chi connectivity index (χ3n) is 3.11. The lowest BCUT2D eigenvalue weighted by atomic mass is 10.1. The van der Waals surface area contributed by atoms with E-state index < -0.39 is 17.8 Å². The molecule has 1 aromatic heterocycles. The number of carbonyl (C=O) groups is 2. The van der Waals surface area contributed by atoms with Crippen LogP contribution >= 0.6 is 0 Å². The number of amides is 1. The van der Waals surface area contributed by atoms with Crippen LogP contribution in [0, 0.1) is 5.92 Å². The van der Waals surface area contributed by atoms with Crippen molar-refractivity contribution < 1.29 is 14.7 Å². The third-order valence-corrected chi connectivity index (χ3v) is 3.11. The van der Waals surface area contributed by atoms with Gasteiger partial charge in [0.1, 0.15) is 5.69 Å². The second-order valence-electron chi connectivity index (χ2n) is 4.92. The van der Waals surface area contributed by atoms with Gasteiger partial charge in [-0.05, 0) is 18.9 Å². The molecule has 0 fully saturated rings. The molecule has 1 atom stereocenters. The minimum Gasteiger partial charge on any atom is -0.481 e. The van der Waals surface area contributed by atoms with E-state index in [-0.39, 0.29) is 17.8 Å². The summed E-state index contributed by atoms with van der Waals surface area (Å²) in [5, 5.41) is 15.4. The lowest BCUT2D eigenvalue weighted by Crippen LogP contribution is -2.31. The molecule has 0 spiro atoms. The summed E-state index contributed by atoms with van der Waals surface area (Å²) in [7, 11) is 0. The van der Waals surface area contributed by atoms with Gasteiger partial charge < -0.3 is 10.4 Å². The van der Waals surface area contributed by atoms with E-state index in [4.69, 9.17) is 5.11 Å². The van der Waals surface area contributed by atoms with Crippen molar-refractivity contribution in [1.29, 1.82) is 0 Å². The number of carbonyl (C=O) groups excluding carboxylic acids is 1. The second kappa shape index (κ2) is 8.18. The summed E-state index contributed by atoms with van der Waals surface area (Å²) in [4.78, 5) is 34.1. The summed E-state index contributed by atoms with van der Waals surface area (Å²) in [6, 6.07) is 2.69. The van der Waals surface area contributed by atoms with Crippen molar-refractivity contribution in [3.63, 3.8) is 0 Å². The minimum absolute atomic E-state index is 0.161. The molecule has 0 aliphatic carbocycles. The van der Waals surface area contributed by atoms with Crippen molar-refractivity contribution in [3.8, 4) is 0 Å². The summed E-state index contributed by atoms with van der Waals surface area (Å²) in [6.07, 6.45) is 2.09. The first kappa shape index (κ1) is 16.9. The Kier molecular flexibility index (Phi) is 6.58. The first-order chi connectivity index (χ1) is 9.95. The van der Waals surface area contributed by atoms with E-state index in [9.17, 15) is 14.4 Å². The fourth-order valence-electron chi connectivity index (χ4n) is 1.65. The number of carboxylic acid groups (broad SMARTS) is 1. The number of rotatable bonds is 8. The maximum Gasteiger partial charge on any atom is 0.306 e. The number of nitrogens with one attached hydrogen (secondary N) is 1. The van der Waals surface area contributed by atoms with Gasteiger partial charge in [0.15, 0.2) is 0 Å². The lowest BCUT2D eigenvalue weighted by molar-refractivity contribution is -0.141. The molecule has 0 bridgehead atoms. The molecule has 0 aromatic carbocycles. The average Bonchev–Trinajstić information content (AvgIpc) is 2.45. The summed E-state index contributed by atoms with van der Waals surface area (Å²) >= 11 is 0. The maximum absolute atomic E-state index is 11.9. The Bertz CT molecular complexity index is 553. The molecular weight excluding hydrogens is 274 g/mol. The number of hydrogen-bond donors (Lipinski definition) is 2. The molecule has 0 aliphatic rings. The van der Waals surface area contributed by atoms with Crippen molar-refractivity contribution in [1.82, 2.24) is 15.1 Å². The van der Waals surface area contributed by atoms with Crippen LogP contribution in [0.5, 0.6) is 0 Å². The Morgan fingerprint density at radius 1 is 1.43 bits per heavy atom. The van der Waals surface area contributed by atoms with Gasteiger partial charge in [0.25, 0.3) is 11.5 Å². The number of carboxylic acids is 1. The Hall–Kier alpha value is -2.18. The van der Waals surface area contributed by atoms with Gasteiger partial charge in [-0.1, -0.05) is 20.3 Å². The van der Waals surface area contributed by atoms with Crippen molar-refractivity contribution in [2.24, 2.45) is 5.92 Å². The zero-order chi connectivity index (χ0) is 15.8. The molecule has 7 heteroatoms. The SMILES string of the molecule is CCCCn1nc(C(=O)NCCC(C)C(=O)O)ccc1=O. The molecule has 1 aromatic rings. The normalized spacial score (nSPS) is 11.9. The number of nitrogens with zero attached hydrogens (tertiary/aromatic N) is 2. The van der Waals surface area contributed by atoms with Crippen LogP contribution in [0.2, 0.25) is 0 Å². The molecule has 1 rings (SSSR count). The van der Waals surface area contributed by atoms with Crippen molar-refractivity contribution >= 4 is 11.9 Å². The fourth-order valence-corrected chi connectivity index (χ4v) is 1.65. The van der Waals surface area contributed by atoms with Gasteiger partial charge in [0.05, 0.1) is 5.92 Å². The molecule has 116 valence electrons. The van der Waals surface area contributed by atoms with Crippen LogP contribution in [0.25, 0.3) is 0 Å². The topological polar surface area (TPSA) is 101 Å². The molecule has 1 heterocycles. The van der Waals surface area contributed by atoms with Gasteiger partial charge in [-0.3, -0.25) is 14.4 Å². The highest BCUT2D eigenvalue weighted by Crippen LogP contribution is 2.00. The molecule has 1 amide bonds. The maximum atomic E-state index is 11.9. The number of aliphatic carboxylic acids is 1. The lowest BCUT2D eigenvalue weighted by Gasteiger charge is -2.09. The Balaban J connectivity index is 2.61. The van der Waals surface area contributed by atoms with Crippen LogP contribution in [-0.2, 0) is 11.3 Å². The number of aromatic nitrogens is 2. The minimum atomic E-state index is -0.893. The van der Waals surface area contributed by atoms with E-state index in [2.05, 4.69) is 10.4 Å². The Morgan fingerprint density at radius 3 is 2.76 bits per heavy atom. The zero-order valence-corrected chi connectivity index (χ0v) is 12.3. The van der Waals surface area contributed by atoms with E-state index in [1.54, 1.807) is 6.92 Å². The summed E-state index contributed by atoms with van der Waals surface area (Å²) in [5.41, 5.74) is -0.0758. The van der Waals surface area contributed by atoms with Gasteiger partial charge in [0.2, 0.25) is 0 Å². The highest BCUT2D eigenvalue weighted by molar-refractivity contribution is 5.91. The first-order valence-electron chi connectivity index (χ1n) is 7.05. The van der Waals surface area contributed by atoms with Crippen LogP contribution < -0.4 is 10.9 Å². The number of hydrogen-bond acceptors (Lipinski definition) is 4. The highest BCUT2D eigenvalue weighted by atomic mass is 16.4. The van der Waals surface area contributed by atoms with Gasteiger partial charge in [-0.15, -0.1) is 0 Å². The Labute approximate surface area is 123 Å². The quantitative estimate of drug-likeness (QED) is 0.741. The smallest absolute Gasteiger partial charge is 0.306 e. The van der Waals surface area contributed by atoms with Crippen LogP contribution in [0.15, 0.2) is 16.9 Å². The fraction of sp³-hybridized carbons (Fsp3) is 0.571. The van der Waals surface area contributed by atoms with Crippen molar-refractivity contribution in [3.05, 3.63) is 28.2 Å². The van der Waals surface area contributed by atoms with Gasteiger partial charge in [-0.25, -0.2) is 4.68 Å².